The first-order valence-corrected chi connectivity index (χ1v) is 25.7. The van der Waals surface area contributed by atoms with Crippen LogP contribution in [0, 0.1) is 0 Å². The van der Waals surface area contributed by atoms with Crippen LogP contribution in [0.4, 0.5) is 4.79 Å². The molecule has 0 rings (SSSR count). The molecule has 0 fully saturated rings. The average Bonchev–Trinajstić information content (AvgIpc) is 3.23. The summed E-state index contributed by atoms with van der Waals surface area (Å²) in [7, 11) is 1.41. The number of unbranched alkanes of at least 4 members (excludes halogenated alkanes) is 24. The van der Waals surface area contributed by atoms with Crippen LogP contribution in [0.15, 0.2) is 0 Å². The van der Waals surface area contributed by atoms with E-state index in [-0.39, 0.29) is 24.3 Å². The van der Waals surface area contributed by atoms with Crippen LogP contribution in [0.3, 0.4) is 0 Å². The van der Waals surface area contributed by atoms with Crippen molar-refractivity contribution in [3.05, 3.63) is 0 Å². The Morgan fingerprint density at radius 2 is 0.864 bits per heavy atom. The summed E-state index contributed by atoms with van der Waals surface area (Å²) in [4.78, 5) is 36.8. The largest absolute Gasteiger partial charge is 0.465 e. The van der Waals surface area contributed by atoms with Crippen molar-refractivity contribution in [3.63, 3.8) is 0 Å². The van der Waals surface area contributed by atoms with E-state index in [2.05, 4.69) is 49.6 Å². The second-order valence-corrected chi connectivity index (χ2v) is 17.3. The highest BCUT2D eigenvalue weighted by Gasteiger charge is 2.14. The molecule has 0 aromatic rings. The molecule has 0 aliphatic heterocycles. The van der Waals surface area contributed by atoms with Crippen LogP contribution in [-0.2, 0) is 23.8 Å². The smallest absolute Gasteiger partial charge is 0.406 e. The van der Waals surface area contributed by atoms with Crippen molar-refractivity contribution in [1.82, 2.24) is 10.2 Å². The van der Waals surface area contributed by atoms with Crippen LogP contribution in [0.2, 0.25) is 0 Å². The fraction of sp³-hybridized carbons (Fsp3) is 0.941. The summed E-state index contributed by atoms with van der Waals surface area (Å²) in [5.41, 5.74) is 0. The third kappa shape index (κ3) is 47.1. The summed E-state index contributed by atoms with van der Waals surface area (Å²) < 4.78 is 15.7. The summed E-state index contributed by atoms with van der Waals surface area (Å²) in [5.74, 6) is 0.00473. The standard InChI is InChI=1S/C33H66N2O4.C18H36O2/c1-5-8-10-12-15-19-25-31(24-7-3)39-32(36)26-20-16-14-18-22-29-35(28-21-17-13-11-9-6-2)30-23-27-34-33(37)38-4;1-3-5-7-9-11-13-15-18(20-17-19)16-14-12-10-8-6-4-2/h31H,5-30H2,1-4H3,(H,34,37);17-18H,3-16H2,1-2H3. The van der Waals surface area contributed by atoms with Crippen LogP contribution >= 0.6 is 0 Å². The second-order valence-electron chi connectivity index (χ2n) is 17.3. The molecule has 0 heterocycles. The molecule has 0 bridgehead atoms. The highest BCUT2D eigenvalue weighted by molar-refractivity contribution is 5.69. The lowest BCUT2D eigenvalue weighted by Crippen LogP contribution is -2.31. The maximum Gasteiger partial charge on any atom is 0.406 e. The monoisotopic (exact) mass is 839 g/mol. The first-order chi connectivity index (χ1) is 28.9. The van der Waals surface area contributed by atoms with Crippen molar-refractivity contribution in [1.29, 1.82) is 0 Å². The Morgan fingerprint density at radius 1 is 0.475 bits per heavy atom. The molecule has 0 aliphatic rings. The number of methoxy groups -OCH3 is 1. The predicted octanol–water partition coefficient (Wildman–Crippen LogP) is 15.2. The third-order valence-electron chi connectivity index (χ3n) is 11.6. The zero-order valence-electron chi connectivity index (χ0n) is 40.4. The van der Waals surface area contributed by atoms with E-state index in [1.807, 2.05) is 0 Å². The van der Waals surface area contributed by atoms with Gasteiger partial charge in [0.15, 0.2) is 0 Å². The van der Waals surface area contributed by atoms with Gasteiger partial charge < -0.3 is 24.4 Å². The first-order valence-electron chi connectivity index (χ1n) is 25.7. The van der Waals surface area contributed by atoms with Crippen molar-refractivity contribution >= 4 is 18.5 Å². The van der Waals surface area contributed by atoms with Gasteiger partial charge in [0.2, 0.25) is 0 Å². The predicted molar refractivity (Wildman–Crippen MR) is 252 cm³/mol. The molecule has 352 valence electrons. The minimum atomic E-state index is -0.347. The second kappa shape index (κ2) is 50.5. The molecule has 0 aromatic carbocycles. The van der Waals surface area contributed by atoms with Gasteiger partial charge in [0.25, 0.3) is 6.47 Å². The van der Waals surface area contributed by atoms with Gasteiger partial charge >= 0.3 is 12.1 Å². The fourth-order valence-corrected chi connectivity index (χ4v) is 7.80. The van der Waals surface area contributed by atoms with Crippen molar-refractivity contribution in [2.45, 2.75) is 278 Å². The van der Waals surface area contributed by atoms with Crippen LogP contribution in [-0.4, -0.2) is 68.9 Å². The van der Waals surface area contributed by atoms with E-state index in [0.29, 0.717) is 19.4 Å². The molecule has 1 amide bonds. The number of carbonyl (C=O) groups is 3. The summed E-state index contributed by atoms with van der Waals surface area (Å²) >= 11 is 0. The molecule has 0 radical (unpaired) electrons. The average molecular weight is 839 g/mol. The van der Waals surface area contributed by atoms with Crippen LogP contribution in [0.1, 0.15) is 266 Å². The normalized spacial score (nSPS) is 11.7. The van der Waals surface area contributed by atoms with E-state index in [4.69, 9.17) is 9.47 Å². The van der Waals surface area contributed by atoms with E-state index in [1.54, 1.807) is 0 Å². The Bertz CT molecular complexity index is 842. The van der Waals surface area contributed by atoms with E-state index in [9.17, 15) is 14.4 Å². The molecule has 1 atom stereocenters. The van der Waals surface area contributed by atoms with Crippen molar-refractivity contribution in [2.24, 2.45) is 0 Å². The quantitative estimate of drug-likeness (QED) is 0.0282. The highest BCUT2D eigenvalue weighted by Crippen LogP contribution is 2.18. The molecule has 1 N–H and O–H groups in total. The number of esters is 1. The Hall–Kier alpha value is -1.83. The lowest BCUT2D eigenvalue weighted by atomic mass is 10.0. The van der Waals surface area contributed by atoms with Gasteiger partial charge in [0, 0.05) is 13.0 Å². The topological polar surface area (TPSA) is 94.2 Å². The van der Waals surface area contributed by atoms with E-state index < -0.39 is 0 Å². The van der Waals surface area contributed by atoms with Gasteiger partial charge in [-0.1, -0.05) is 189 Å². The fourth-order valence-electron chi connectivity index (χ4n) is 7.80. The molecule has 0 aromatic heterocycles. The Kier molecular flexibility index (Phi) is 50.7. The number of rotatable bonds is 45. The summed E-state index contributed by atoms with van der Waals surface area (Å²) in [6.45, 7) is 15.8. The SMILES string of the molecule is CCCCCCCCC(CCC)OC(=O)CCCCCCCN(CCCCCCCC)CCCNC(=O)OC.CCCCCCCCC(CCCCCCCC)OC=O. The number of hydrogen-bond acceptors (Lipinski definition) is 7. The van der Waals surface area contributed by atoms with Crippen molar-refractivity contribution in [2.75, 3.05) is 33.3 Å². The number of ether oxygens (including phenoxy) is 3. The van der Waals surface area contributed by atoms with Crippen LogP contribution in [0.5, 0.6) is 0 Å². The molecule has 59 heavy (non-hydrogen) atoms. The molecule has 8 nitrogen and oxygen atoms in total. The number of amides is 1. The number of alkyl carbamates (subject to hydrolysis) is 1. The molecule has 1 unspecified atom stereocenters. The number of carbonyl (C=O) groups excluding carboxylic acids is 3. The summed E-state index contributed by atoms with van der Waals surface area (Å²) in [6.07, 6.45) is 43.6. The van der Waals surface area contributed by atoms with Gasteiger partial charge in [-0.2, -0.15) is 0 Å². The molecule has 8 heteroatoms. The number of nitrogens with one attached hydrogen (secondary N) is 1. The van der Waals surface area contributed by atoms with Gasteiger partial charge in [-0.15, -0.1) is 0 Å². The molecule has 0 saturated heterocycles. The lowest BCUT2D eigenvalue weighted by molar-refractivity contribution is -0.150. The molecule has 0 spiro atoms. The van der Waals surface area contributed by atoms with Gasteiger partial charge in [0.05, 0.1) is 7.11 Å². The molecular formula is C51H102N2O6. The summed E-state index contributed by atoms with van der Waals surface area (Å²) in [5, 5.41) is 2.79. The molecule has 0 aliphatic carbocycles. The van der Waals surface area contributed by atoms with Crippen LogP contribution < -0.4 is 5.32 Å². The number of hydrogen-bond donors (Lipinski definition) is 1. The van der Waals surface area contributed by atoms with Crippen molar-refractivity contribution in [3.8, 4) is 0 Å². The van der Waals surface area contributed by atoms with Crippen LogP contribution in [0.25, 0.3) is 0 Å². The lowest BCUT2D eigenvalue weighted by Gasteiger charge is -2.22. The van der Waals surface area contributed by atoms with Gasteiger partial charge in [-0.05, 0) is 90.3 Å². The van der Waals surface area contributed by atoms with E-state index >= 15 is 0 Å². The maximum absolute atomic E-state index is 12.4. The van der Waals surface area contributed by atoms with Gasteiger partial charge in [-0.25, -0.2) is 4.79 Å². The zero-order valence-corrected chi connectivity index (χ0v) is 40.4. The Balaban J connectivity index is 0. The zero-order chi connectivity index (χ0) is 43.7. The molecular weight excluding hydrogens is 737 g/mol. The highest BCUT2D eigenvalue weighted by atomic mass is 16.5. The number of nitrogens with zero attached hydrogens (tertiary/aromatic N) is 1. The van der Waals surface area contributed by atoms with Crippen molar-refractivity contribution < 1.29 is 28.6 Å². The first kappa shape index (κ1) is 59.3. The van der Waals surface area contributed by atoms with Gasteiger partial charge in [-0.3, -0.25) is 9.59 Å². The van der Waals surface area contributed by atoms with E-state index in [0.717, 1.165) is 71.0 Å². The third-order valence-corrected chi connectivity index (χ3v) is 11.6. The maximum atomic E-state index is 12.4. The summed E-state index contributed by atoms with van der Waals surface area (Å²) in [6, 6.07) is 0. The Morgan fingerprint density at radius 3 is 1.29 bits per heavy atom. The van der Waals surface area contributed by atoms with Gasteiger partial charge in [0.1, 0.15) is 12.2 Å². The van der Waals surface area contributed by atoms with E-state index in [1.165, 1.54) is 180 Å². The Labute approximate surface area is 367 Å². The minimum absolute atomic E-state index is 0.00473. The minimum Gasteiger partial charge on any atom is -0.465 e. The molecule has 0 saturated carbocycles.